The van der Waals surface area contributed by atoms with Crippen LogP contribution in [-0.4, -0.2) is 47.4 Å². The monoisotopic (exact) mass is 434 g/mol. The molecule has 0 radical (unpaired) electrons. The van der Waals surface area contributed by atoms with Crippen LogP contribution in [0, 0.1) is 12.7 Å². The van der Waals surface area contributed by atoms with Crippen LogP contribution in [0.1, 0.15) is 52.6 Å². The lowest BCUT2D eigenvalue weighted by Gasteiger charge is -2.27. The van der Waals surface area contributed by atoms with Crippen molar-refractivity contribution in [1.82, 2.24) is 15.2 Å². The maximum atomic E-state index is 15.1. The average molecular weight is 435 g/mol. The largest absolute Gasteiger partial charge is 0.354 e. The number of pyridine rings is 1. The van der Waals surface area contributed by atoms with Crippen molar-refractivity contribution in [2.75, 3.05) is 20.1 Å². The van der Waals surface area contributed by atoms with E-state index >= 15 is 4.39 Å². The van der Waals surface area contributed by atoms with Gasteiger partial charge in [0.1, 0.15) is 11.5 Å². The minimum absolute atomic E-state index is 0.0874. The number of benzene rings is 1. The molecule has 0 bridgehead atoms. The number of Topliss-reactive ketones (excluding diaryl/α,β-unsaturated/α-hetero) is 1. The molecule has 0 saturated heterocycles. The summed E-state index contributed by atoms with van der Waals surface area (Å²) >= 11 is 0. The summed E-state index contributed by atoms with van der Waals surface area (Å²) in [5.41, 5.74) is 5.56. The number of rotatable bonds is 5. The van der Waals surface area contributed by atoms with Crippen LogP contribution in [0.15, 0.2) is 35.3 Å². The lowest BCUT2D eigenvalue weighted by molar-refractivity contribution is -0.112. The summed E-state index contributed by atoms with van der Waals surface area (Å²) < 4.78 is 15.1. The Hall–Kier alpha value is -3.19. The number of nitrogens with zero attached hydrogens (tertiary/aromatic N) is 3. The van der Waals surface area contributed by atoms with Gasteiger partial charge in [0.05, 0.1) is 11.4 Å². The van der Waals surface area contributed by atoms with Crippen molar-refractivity contribution in [1.29, 1.82) is 0 Å². The summed E-state index contributed by atoms with van der Waals surface area (Å²) in [6, 6.07) is 7.29. The quantitative estimate of drug-likeness (QED) is 0.777. The van der Waals surface area contributed by atoms with Crippen molar-refractivity contribution < 1.29 is 14.0 Å². The zero-order chi connectivity index (χ0) is 22.8. The Labute approximate surface area is 187 Å². The molecular formula is C25H27FN4O2. The van der Waals surface area contributed by atoms with Crippen LogP contribution in [0.4, 0.5) is 10.1 Å². The van der Waals surface area contributed by atoms with E-state index in [9.17, 15) is 9.59 Å². The topological polar surface area (TPSA) is 74.7 Å². The molecule has 0 fully saturated rings. The number of aliphatic imine (C=N–C) groups is 1. The van der Waals surface area contributed by atoms with Crippen molar-refractivity contribution in [3.8, 4) is 0 Å². The molecule has 0 atom stereocenters. The standard InChI is InChI=1S/C25H27FN4O2/c1-4-20-23(31)13-19-21(29-20)7-5-17(24(19)26)14-30-11-9-16(10-12-30)18-6-8-22(25(32)27-3)28-15(18)2/h5-9H,4,10-14H2,1-3H3,(H,27,32). The predicted octanol–water partition coefficient (Wildman–Crippen LogP) is 3.79. The number of hydrogen-bond donors (Lipinski definition) is 1. The predicted molar refractivity (Wildman–Crippen MR) is 123 cm³/mol. The van der Waals surface area contributed by atoms with Gasteiger partial charge in [-0.1, -0.05) is 25.1 Å². The molecule has 4 rings (SSSR count). The smallest absolute Gasteiger partial charge is 0.269 e. The van der Waals surface area contributed by atoms with Crippen LogP contribution in [0.2, 0.25) is 0 Å². The van der Waals surface area contributed by atoms with E-state index < -0.39 is 0 Å². The summed E-state index contributed by atoms with van der Waals surface area (Å²) in [6.07, 6.45) is 3.61. The Bertz CT molecular complexity index is 1150. The molecule has 1 aromatic carbocycles. The lowest BCUT2D eigenvalue weighted by atomic mass is 9.95. The number of aromatic nitrogens is 1. The van der Waals surface area contributed by atoms with Gasteiger partial charge in [-0.2, -0.15) is 0 Å². The van der Waals surface area contributed by atoms with E-state index in [2.05, 4.69) is 26.3 Å². The summed E-state index contributed by atoms with van der Waals surface area (Å²) in [5.74, 6) is -0.601. The highest BCUT2D eigenvalue weighted by Crippen LogP contribution is 2.31. The van der Waals surface area contributed by atoms with E-state index in [0.29, 0.717) is 47.7 Å². The first kappa shape index (κ1) is 22.0. The molecule has 3 heterocycles. The van der Waals surface area contributed by atoms with E-state index in [1.165, 1.54) is 5.57 Å². The molecule has 2 aliphatic rings. The number of halogens is 1. The summed E-state index contributed by atoms with van der Waals surface area (Å²) in [5, 5.41) is 2.59. The van der Waals surface area contributed by atoms with Crippen LogP contribution in [0.25, 0.3) is 5.57 Å². The maximum absolute atomic E-state index is 15.1. The van der Waals surface area contributed by atoms with Gasteiger partial charge in [-0.15, -0.1) is 0 Å². The van der Waals surface area contributed by atoms with Gasteiger partial charge in [-0.25, -0.2) is 14.4 Å². The Kier molecular flexibility index (Phi) is 6.28. The Morgan fingerprint density at radius 2 is 2.06 bits per heavy atom. The number of aryl methyl sites for hydroxylation is 1. The first-order chi connectivity index (χ1) is 15.4. The Balaban J connectivity index is 1.48. The number of carbonyl (C=O) groups is 2. The molecule has 1 N–H and O–H groups in total. The number of fused-ring (bicyclic) bond motifs is 1. The van der Waals surface area contributed by atoms with Crippen molar-refractivity contribution in [2.24, 2.45) is 4.99 Å². The van der Waals surface area contributed by atoms with E-state index in [1.54, 1.807) is 19.2 Å². The third kappa shape index (κ3) is 4.25. The molecule has 2 aliphatic heterocycles. The van der Waals surface area contributed by atoms with Gasteiger partial charge in [0.25, 0.3) is 5.91 Å². The van der Waals surface area contributed by atoms with Crippen molar-refractivity contribution in [3.05, 3.63) is 64.2 Å². The number of hydrogen-bond acceptors (Lipinski definition) is 5. The van der Waals surface area contributed by atoms with E-state index in [4.69, 9.17) is 0 Å². The Morgan fingerprint density at radius 3 is 2.72 bits per heavy atom. The normalized spacial score (nSPS) is 16.3. The second-order valence-electron chi connectivity index (χ2n) is 8.17. The lowest BCUT2D eigenvalue weighted by Crippen LogP contribution is -2.29. The summed E-state index contributed by atoms with van der Waals surface area (Å²) in [4.78, 5) is 34.9. The van der Waals surface area contributed by atoms with Gasteiger partial charge in [-0.3, -0.25) is 14.5 Å². The molecule has 0 spiro atoms. The van der Waals surface area contributed by atoms with Crippen LogP contribution < -0.4 is 5.32 Å². The molecule has 166 valence electrons. The van der Waals surface area contributed by atoms with Gasteiger partial charge in [0.2, 0.25) is 0 Å². The van der Waals surface area contributed by atoms with E-state index in [-0.39, 0.29) is 23.9 Å². The number of nitrogens with one attached hydrogen (secondary N) is 1. The van der Waals surface area contributed by atoms with E-state index in [1.807, 2.05) is 26.0 Å². The second-order valence-corrected chi connectivity index (χ2v) is 8.17. The highest BCUT2D eigenvalue weighted by atomic mass is 19.1. The minimum atomic E-state index is -0.311. The minimum Gasteiger partial charge on any atom is -0.354 e. The molecule has 0 unspecified atom stereocenters. The molecule has 32 heavy (non-hydrogen) atoms. The van der Waals surface area contributed by atoms with Gasteiger partial charge >= 0.3 is 0 Å². The van der Waals surface area contributed by atoms with Crippen LogP contribution >= 0.6 is 0 Å². The number of ketones is 1. The SMILES string of the molecule is CCC1=Nc2ccc(CN3CC=C(c4ccc(C(=O)NC)nc4C)CC3)c(F)c2CC1=O. The molecule has 0 saturated carbocycles. The fourth-order valence-corrected chi connectivity index (χ4v) is 4.30. The molecule has 0 aliphatic carbocycles. The average Bonchev–Trinajstić information content (AvgIpc) is 2.81. The molecule has 7 heteroatoms. The molecular weight excluding hydrogens is 407 g/mol. The maximum Gasteiger partial charge on any atom is 0.269 e. The fourth-order valence-electron chi connectivity index (χ4n) is 4.30. The van der Waals surface area contributed by atoms with Crippen molar-refractivity contribution in [2.45, 2.75) is 39.7 Å². The van der Waals surface area contributed by atoms with Crippen molar-refractivity contribution >= 4 is 28.7 Å². The third-order valence-corrected chi connectivity index (χ3v) is 6.13. The van der Waals surface area contributed by atoms with Crippen molar-refractivity contribution in [3.63, 3.8) is 0 Å². The molecule has 2 aromatic rings. The van der Waals surface area contributed by atoms with Gasteiger partial charge in [0.15, 0.2) is 5.78 Å². The molecule has 1 amide bonds. The zero-order valence-corrected chi connectivity index (χ0v) is 18.7. The molecule has 6 nitrogen and oxygen atoms in total. The number of amides is 1. The molecule has 1 aromatic heterocycles. The second kappa shape index (κ2) is 9.12. The van der Waals surface area contributed by atoms with Gasteiger partial charge in [0, 0.05) is 49.9 Å². The number of carbonyl (C=O) groups excluding carboxylic acids is 2. The Morgan fingerprint density at radius 1 is 1.25 bits per heavy atom. The van der Waals surface area contributed by atoms with Crippen LogP contribution in [-0.2, 0) is 17.8 Å². The van der Waals surface area contributed by atoms with E-state index in [0.717, 1.165) is 24.2 Å². The summed E-state index contributed by atoms with van der Waals surface area (Å²) in [7, 11) is 1.59. The fraction of sp³-hybridized carbons (Fsp3) is 0.360. The highest BCUT2D eigenvalue weighted by Gasteiger charge is 2.24. The first-order valence-corrected chi connectivity index (χ1v) is 10.9. The van der Waals surface area contributed by atoms with Gasteiger partial charge in [-0.05, 0) is 43.0 Å². The van der Waals surface area contributed by atoms with Crippen LogP contribution in [0.5, 0.6) is 0 Å². The zero-order valence-electron chi connectivity index (χ0n) is 18.7. The van der Waals surface area contributed by atoms with Gasteiger partial charge < -0.3 is 5.32 Å². The van der Waals surface area contributed by atoms with Crippen LogP contribution in [0.3, 0.4) is 0 Å². The third-order valence-electron chi connectivity index (χ3n) is 6.13. The first-order valence-electron chi connectivity index (χ1n) is 10.9. The highest BCUT2D eigenvalue weighted by molar-refractivity contribution is 6.41. The summed E-state index contributed by atoms with van der Waals surface area (Å²) in [6.45, 7) is 5.76.